The van der Waals surface area contributed by atoms with Crippen molar-refractivity contribution in [2.24, 2.45) is 5.73 Å². The number of carbonyl (C=O) groups excluding carboxylic acids is 1. The van der Waals surface area contributed by atoms with Crippen molar-refractivity contribution < 1.29 is 4.79 Å². The van der Waals surface area contributed by atoms with Gasteiger partial charge in [0.15, 0.2) is 5.16 Å². The largest absolute Gasteiger partial charge is 0.355 e. The van der Waals surface area contributed by atoms with E-state index in [1.807, 2.05) is 12.1 Å². The molecule has 0 spiro atoms. The zero-order valence-electron chi connectivity index (χ0n) is 16.6. The van der Waals surface area contributed by atoms with Gasteiger partial charge in [-0.2, -0.15) is 0 Å². The number of fused-ring (bicyclic) bond motifs is 1. The lowest BCUT2D eigenvalue weighted by atomic mass is 10.2. The summed E-state index contributed by atoms with van der Waals surface area (Å²) in [5, 5.41) is 4.42. The third kappa shape index (κ3) is 5.84. The molecular formula is C22H25ClN4O2S. The molecule has 1 heterocycles. The number of benzene rings is 2. The maximum atomic E-state index is 13.2. The molecule has 0 aliphatic heterocycles. The Morgan fingerprint density at radius 2 is 1.90 bits per heavy atom. The number of halogens is 1. The van der Waals surface area contributed by atoms with E-state index in [2.05, 4.69) is 10.3 Å². The van der Waals surface area contributed by atoms with Crippen LogP contribution in [-0.4, -0.2) is 34.3 Å². The molecule has 3 rings (SSSR count). The van der Waals surface area contributed by atoms with Crippen LogP contribution in [0, 0.1) is 0 Å². The molecule has 1 amide bonds. The van der Waals surface area contributed by atoms with Crippen LogP contribution in [0.3, 0.4) is 0 Å². The molecule has 0 radical (unpaired) electrons. The average Bonchev–Trinajstić information content (AvgIpc) is 2.75. The zero-order chi connectivity index (χ0) is 21.3. The number of rotatable bonds is 10. The van der Waals surface area contributed by atoms with Crippen LogP contribution >= 0.6 is 23.4 Å². The number of amides is 1. The summed E-state index contributed by atoms with van der Waals surface area (Å²) < 4.78 is 1.51. The highest BCUT2D eigenvalue weighted by molar-refractivity contribution is 7.99. The van der Waals surface area contributed by atoms with Crippen LogP contribution in [0.5, 0.6) is 0 Å². The van der Waals surface area contributed by atoms with Crippen LogP contribution in [0.1, 0.15) is 25.7 Å². The van der Waals surface area contributed by atoms with E-state index in [9.17, 15) is 9.59 Å². The Morgan fingerprint density at radius 3 is 2.70 bits per heavy atom. The number of hydrogen-bond acceptors (Lipinski definition) is 5. The molecule has 2 aromatic carbocycles. The number of nitrogens with two attached hydrogens (primary N) is 1. The number of nitrogens with one attached hydrogen (secondary N) is 1. The molecule has 0 bridgehead atoms. The van der Waals surface area contributed by atoms with E-state index in [-0.39, 0.29) is 17.2 Å². The molecule has 0 saturated heterocycles. The van der Waals surface area contributed by atoms with Gasteiger partial charge in [-0.25, -0.2) is 4.98 Å². The van der Waals surface area contributed by atoms with Crippen molar-refractivity contribution in [3.63, 3.8) is 0 Å². The van der Waals surface area contributed by atoms with Crippen molar-refractivity contribution in [2.45, 2.75) is 30.8 Å². The summed E-state index contributed by atoms with van der Waals surface area (Å²) in [4.78, 5) is 30.1. The van der Waals surface area contributed by atoms with Crippen LogP contribution in [0.4, 0.5) is 0 Å². The Balaban J connectivity index is 1.77. The monoisotopic (exact) mass is 444 g/mol. The lowest BCUT2D eigenvalue weighted by molar-refractivity contribution is -0.118. The number of nitrogens with zero attached hydrogens (tertiary/aromatic N) is 2. The molecule has 1 aromatic heterocycles. The van der Waals surface area contributed by atoms with Crippen molar-refractivity contribution in [3.8, 4) is 5.69 Å². The third-order valence-corrected chi connectivity index (χ3v) is 5.77. The molecule has 0 saturated carbocycles. The molecular weight excluding hydrogens is 420 g/mol. The first-order valence-corrected chi connectivity index (χ1v) is 11.3. The summed E-state index contributed by atoms with van der Waals surface area (Å²) in [6.07, 6.45) is 4.06. The van der Waals surface area contributed by atoms with Gasteiger partial charge in [0.1, 0.15) is 0 Å². The maximum absolute atomic E-state index is 13.2. The van der Waals surface area contributed by atoms with Crippen LogP contribution in [-0.2, 0) is 4.79 Å². The van der Waals surface area contributed by atoms with Gasteiger partial charge in [0.25, 0.3) is 5.56 Å². The van der Waals surface area contributed by atoms with Crippen LogP contribution in [0.25, 0.3) is 16.6 Å². The van der Waals surface area contributed by atoms with Gasteiger partial charge >= 0.3 is 0 Å². The second-order valence-corrected chi connectivity index (χ2v) is 8.25. The molecule has 0 atom stereocenters. The minimum Gasteiger partial charge on any atom is -0.355 e. The van der Waals surface area contributed by atoms with Crippen molar-refractivity contribution in [1.29, 1.82) is 0 Å². The van der Waals surface area contributed by atoms with E-state index >= 15 is 0 Å². The van der Waals surface area contributed by atoms with Gasteiger partial charge in [-0.05, 0) is 49.7 Å². The van der Waals surface area contributed by atoms with E-state index in [1.54, 1.807) is 36.4 Å². The quantitative estimate of drug-likeness (QED) is 0.282. The summed E-state index contributed by atoms with van der Waals surface area (Å²) in [5.41, 5.74) is 6.51. The van der Waals surface area contributed by atoms with E-state index in [0.717, 1.165) is 25.7 Å². The van der Waals surface area contributed by atoms with Crippen molar-refractivity contribution in [1.82, 2.24) is 14.9 Å². The molecule has 158 valence electrons. The fourth-order valence-electron chi connectivity index (χ4n) is 3.08. The molecule has 0 aliphatic carbocycles. The highest BCUT2D eigenvalue weighted by Gasteiger charge is 2.15. The second-order valence-electron chi connectivity index (χ2n) is 6.87. The minimum atomic E-state index is -0.189. The standard InChI is InChI=1S/C22H25ClN4O2S/c23-16-8-7-9-17(14-16)27-21(29)18-10-3-4-11-19(18)26-22(27)30-15-20(28)25-13-6-2-1-5-12-24/h3-4,7-11,14H,1-2,5-6,12-13,15,24H2,(H,25,28). The predicted octanol–water partition coefficient (Wildman–Crippen LogP) is 3.77. The van der Waals surface area contributed by atoms with Gasteiger partial charge in [-0.3, -0.25) is 14.2 Å². The van der Waals surface area contributed by atoms with Gasteiger partial charge in [-0.1, -0.05) is 54.4 Å². The average molecular weight is 445 g/mol. The van der Waals surface area contributed by atoms with Gasteiger partial charge in [0.05, 0.1) is 22.3 Å². The van der Waals surface area contributed by atoms with Crippen LogP contribution in [0.2, 0.25) is 5.02 Å². The van der Waals surface area contributed by atoms with E-state index in [4.69, 9.17) is 17.3 Å². The highest BCUT2D eigenvalue weighted by atomic mass is 35.5. The second kappa shape index (κ2) is 11.2. The molecule has 3 aromatic rings. The lowest BCUT2D eigenvalue weighted by Gasteiger charge is -2.13. The molecule has 30 heavy (non-hydrogen) atoms. The molecule has 6 nitrogen and oxygen atoms in total. The number of hydrogen-bond donors (Lipinski definition) is 2. The van der Waals surface area contributed by atoms with Crippen molar-refractivity contribution in [2.75, 3.05) is 18.8 Å². The van der Waals surface area contributed by atoms with Gasteiger partial charge in [-0.15, -0.1) is 0 Å². The number of unbranched alkanes of at least 4 members (excludes halogenated alkanes) is 3. The molecule has 8 heteroatoms. The first-order valence-electron chi connectivity index (χ1n) is 9.97. The van der Waals surface area contributed by atoms with Crippen molar-refractivity contribution >= 4 is 40.2 Å². The first kappa shape index (κ1) is 22.3. The number of thioether (sulfide) groups is 1. The number of para-hydroxylation sites is 1. The Bertz CT molecular complexity index is 1070. The van der Waals surface area contributed by atoms with E-state index in [1.165, 1.54) is 16.3 Å². The molecule has 3 N–H and O–H groups in total. The summed E-state index contributed by atoms with van der Waals surface area (Å²) in [7, 11) is 0. The van der Waals surface area contributed by atoms with E-state index in [0.29, 0.717) is 39.9 Å². The topological polar surface area (TPSA) is 90.0 Å². The van der Waals surface area contributed by atoms with Gasteiger partial charge < -0.3 is 11.1 Å². The van der Waals surface area contributed by atoms with Gasteiger partial charge in [0.2, 0.25) is 5.91 Å². The summed E-state index contributed by atoms with van der Waals surface area (Å²) in [5.74, 6) is 0.0904. The Kier molecular flexibility index (Phi) is 8.30. The van der Waals surface area contributed by atoms with Crippen molar-refractivity contribution in [3.05, 3.63) is 63.9 Å². The normalized spacial score (nSPS) is 11.0. The fraction of sp³-hybridized carbons (Fsp3) is 0.318. The first-order chi connectivity index (χ1) is 14.6. The van der Waals surface area contributed by atoms with Crippen LogP contribution in [0.15, 0.2) is 58.5 Å². The van der Waals surface area contributed by atoms with E-state index < -0.39 is 0 Å². The smallest absolute Gasteiger partial charge is 0.266 e. The Labute approximate surface area is 184 Å². The Hall–Kier alpha value is -2.35. The summed E-state index contributed by atoms with van der Waals surface area (Å²) in [6.45, 7) is 1.34. The minimum absolute atomic E-state index is 0.0844. The van der Waals surface area contributed by atoms with Crippen LogP contribution < -0.4 is 16.6 Å². The maximum Gasteiger partial charge on any atom is 0.266 e. The molecule has 0 fully saturated rings. The summed E-state index contributed by atoms with van der Waals surface area (Å²) >= 11 is 7.37. The van der Waals surface area contributed by atoms with Gasteiger partial charge in [0, 0.05) is 11.6 Å². The fourth-order valence-corrected chi connectivity index (χ4v) is 4.11. The number of aromatic nitrogens is 2. The predicted molar refractivity (Wildman–Crippen MR) is 124 cm³/mol. The molecule has 0 aliphatic rings. The Morgan fingerprint density at radius 1 is 1.10 bits per heavy atom. The number of carbonyl (C=O) groups is 1. The SMILES string of the molecule is NCCCCCCNC(=O)CSc1nc2ccccc2c(=O)n1-c1cccc(Cl)c1. The summed E-state index contributed by atoms with van der Waals surface area (Å²) in [6, 6.07) is 14.2. The highest BCUT2D eigenvalue weighted by Crippen LogP contribution is 2.22. The third-order valence-electron chi connectivity index (χ3n) is 4.60. The lowest BCUT2D eigenvalue weighted by Crippen LogP contribution is -2.27. The zero-order valence-corrected chi connectivity index (χ0v) is 18.2. The molecule has 0 unspecified atom stereocenters.